The highest BCUT2D eigenvalue weighted by molar-refractivity contribution is 5.91. The van der Waals surface area contributed by atoms with E-state index in [0.29, 0.717) is 24.2 Å². The molecule has 0 spiro atoms. The normalized spacial score (nSPS) is 9.44. The monoisotopic (exact) mass is 273 g/mol. The number of amides is 1. The fraction of sp³-hybridized carbons (Fsp3) is 0.364. The summed E-state index contributed by atoms with van der Waals surface area (Å²) in [6.45, 7) is 2.23. The van der Waals surface area contributed by atoms with Crippen LogP contribution in [-0.2, 0) is 4.79 Å². The highest BCUT2D eigenvalue weighted by atomic mass is 35.5. The second kappa shape index (κ2) is 7.62. The van der Waals surface area contributed by atoms with Crippen molar-refractivity contribution in [3.8, 4) is 0 Å². The molecule has 0 atom stereocenters. The number of nitrogens with zero attached hydrogens (tertiary/aromatic N) is 1. The van der Waals surface area contributed by atoms with Crippen molar-refractivity contribution in [1.82, 2.24) is 5.32 Å². The summed E-state index contributed by atoms with van der Waals surface area (Å²) in [6, 6.07) is 4.64. The molecule has 7 heteroatoms. The highest BCUT2D eigenvalue weighted by Crippen LogP contribution is 2.22. The van der Waals surface area contributed by atoms with Crippen molar-refractivity contribution >= 4 is 29.7 Å². The third-order valence-electron chi connectivity index (χ3n) is 2.29. The number of aryl methyl sites for hydroxylation is 1. The van der Waals surface area contributed by atoms with Gasteiger partial charge in [-0.25, -0.2) is 0 Å². The average Bonchev–Trinajstić information content (AvgIpc) is 2.28. The Morgan fingerprint density at radius 2 is 2.11 bits per heavy atom. The van der Waals surface area contributed by atoms with Crippen LogP contribution >= 0.6 is 12.4 Å². The second-order valence-corrected chi connectivity index (χ2v) is 3.66. The molecule has 18 heavy (non-hydrogen) atoms. The summed E-state index contributed by atoms with van der Waals surface area (Å²) in [5, 5.41) is 16.2. The van der Waals surface area contributed by atoms with E-state index in [4.69, 9.17) is 0 Å². The van der Waals surface area contributed by atoms with Gasteiger partial charge in [0.25, 0.3) is 5.69 Å². The van der Waals surface area contributed by atoms with Gasteiger partial charge in [0.15, 0.2) is 0 Å². The summed E-state index contributed by atoms with van der Waals surface area (Å²) in [4.78, 5) is 21.7. The molecule has 0 aromatic heterocycles. The third kappa shape index (κ3) is 4.68. The molecule has 0 fully saturated rings. The second-order valence-electron chi connectivity index (χ2n) is 3.66. The van der Waals surface area contributed by atoms with E-state index in [9.17, 15) is 14.9 Å². The Morgan fingerprint density at radius 3 is 2.67 bits per heavy atom. The van der Waals surface area contributed by atoms with Crippen LogP contribution < -0.4 is 10.6 Å². The first-order valence-corrected chi connectivity index (χ1v) is 5.24. The summed E-state index contributed by atoms with van der Waals surface area (Å²) in [7, 11) is 1.75. The number of nitro groups is 1. The van der Waals surface area contributed by atoms with Gasteiger partial charge in [-0.2, -0.15) is 0 Å². The molecule has 1 rings (SSSR count). The molecule has 0 heterocycles. The number of nitrogens with one attached hydrogen (secondary N) is 2. The SMILES string of the molecule is CNCCC(=O)Nc1ccc(C)c([N+](=O)[O-])c1.Cl. The van der Waals surface area contributed by atoms with E-state index in [2.05, 4.69) is 10.6 Å². The van der Waals surface area contributed by atoms with Gasteiger partial charge in [0.05, 0.1) is 4.92 Å². The molecular formula is C11H16ClN3O3. The van der Waals surface area contributed by atoms with Gasteiger partial charge in [-0.15, -0.1) is 12.4 Å². The van der Waals surface area contributed by atoms with Crippen molar-refractivity contribution in [2.75, 3.05) is 18.9 Å². The van der Waals surface area contributed by atoms with Crippen molar-refractivity contribution in [2.45, 2.75) is 13.3 Å². The van der Waals surface area contributed by atoms with Crippen LogP contribution in [0.5, 0.6) is 0 Å². The zero-order valence-electron chi connectivity index (χ0n) is 10.2. The van der Waals surface area contributed by atoms with E-state index in [1.54, 1.807) is 26.1 Å². The largest absolute Gasteiger partial charge is 0.326 e. The van der Waals surface area contributed by atoms with E-state index in [0.717, 1.165) is 0 Å². The molecule has 0 aliphatic carbocycles. The average molecular weight is 274 g/mol. The highest BCUT2D eigenvalue weighted by Gasteiger charge is 2.11. The van der Waals surface area contributed by atoms with Crippen LogP contribution in [0, 0.1) is 17.0 Å². The number of benzene rings is 1. The molecule has 100 valence electrons. The van der Waals surface area contributed by atoms with Crippen LogP contribution in [0.4, 0.5) is 11.4 Å². The van der Waals surface area contributed by atoms with Crippen LogP contribution in [-0.4, -0.2) is 24.4 Å². The van der Waals surface area contributed by atoms with Crippen molar-refractivity contribution in [2.24, 2.45) is 0 Å². The summed E-state index contributed by atoms with van der Waals surface area (Å²) in [5.41, 5.74) is 1.03. The molecule has 0 saturated carbocycles. The maximum Gasteiger partial charge on any atom is 0.274 e. The number of halogens is 1. The first kappa shape index (κ1) is 16.3. The Balaban J connectivity index is 0.00000289. The molecular weight excluding hydrogens is 258 g/mol. The number of anilines is 1. The molecule has 0 aliphatic rings. The van der Waals surface area contributed by atoms with Crippen LogP contribution in [0.3, 0.4) is 0 Å². The van der Waals surface area contributed by atoms with Crippen LogP contribution in [0.15, 0.2) is 18.2 Å². The predicted molar refractivity (Wildman–Crippen MR) is 72.3 cm³/mol. The lowest BCUT2D eigenvalue weighted by Gasteiger charge is -2.05. The molecule has 0 radical (unpaired) electrons. The maximum atomic E-state index is 11.4. The smallest absolute Gasteiger partial charge is 0.274 e. The van der Waals surface area contributed by atoms with Gasteiger partial charge in [0, 0.05) is 30.3 Å². The molecule has 2 N–H and O–H groups in total. The lowest BCUT2D eigenvalue weighted by molar-refractivity contribution is -0.385. The Labute approximate surface area is 111 Å². The van der Waals surface area contributed by atoms with Gasteiger partial charge in [-0.05, 0) is 20.0 Å². The van der Waals surface area contributed by atoms with Gasteiger partial charge < -0.3 is 10.6 Å². The number of rotatable bonds is 5. The van der Waals surface area contributed by atoms with Crippen LogP contribution in [0.2, 0.25) is 0 Å². The molecule has 1 aromatic rings. The zero-order chi connectivity index (χ0) is 12.8. The molecule has 0 unspecified atom stereocenters. The van der Waals surface area contributed by atoms with Gasteiger partial charge in [-0.3, -0.25) is 14.9 Å². The van der Waals surface area contributed by atoms with Gasteiger partial charge in [-0.1, -0.05) is 6.07 Å². The number of nitro benzene ring substituents is 1. The van der Waals surface area contributed by atoms with Crippen molar-refractivity contribution in [3.05, 3.63) is 33.9 Å². The first-order valence-electron chi connectivity index (χ1n) is 5.24. The minimum absolute atomic E-state index is 0. The molecule has 6 nitrogen and oxygen atoms in total. The molecule has 0 aliphatic heterocycles. The zero-order valence-corrected chi connectivity index (χ0v) is 11.0. The Hall–Kier alpha value is -1.66. The van der Waals surface area contributed by atoms with E-state index < -0.39 is 4.92 Å². The molecule has 0 saturated heterocycles. The summed E-state index contributed by atoms with van der Waals surface area (Å²) in [6.07, 6.45) is 0.332. The lowest BCUT2D eigenvalue weighted by atomic mass is 10.2. The van der Waals surface area contributed by atoms with Crippen LogP contribution in [0.1, 0.15) is 12.0 Å². The van der Waals surface area contributed by atoms with E-state index >= 15 is 0 Å². The minimum atomic E-state index is -0.460. The lowest BCUT2D eigenvalue weighted by Crippen LogP contribution is -2.18. The Bertz CT molecular complexity index is 438. The number of carbonyl (C=O) groups is 1. The minimum Gasteiger partial charge on any atom is -0.326 e. The van der Waals surface area contributed by atoms with E-state index in [1.165, 1.54) is 6.07 Å². The number of hydrogen-bond acceptors (Lipinski definition) is 4. The summed E-state index contributed by atoms with van der Waals surface area (Å²) in [5.74, 6) is -0.169. The number of hydrogen-bond donors (Lipinski definition) is 2. The Kier molecular flexibility index (Phi) is 6.92. The molecule has 1 aromatic carbocycles. The topological polar surface area (TPSA) is 84.3 Å². The third-order valence-corrected chi connectivity index (χ3v) is 2.29. The summed E-state index contributed by atoms with van der Waals surface area (Å²) < 4.78 is 0. The van der Waals surface area contributed by atoms with Crippen molar-refractivity contribution in [1.29, 1.82) is 0 Å². The summed E-state index contributed by atoms with van der Waals surface area (Å²) >= 11 is 0. The molecule has 1 amide bonds. The van der Waals surface area contributed by atoms with E-state index in [1.807, 2.05) is 0 Å². The fourth-order valence-electron chi connectivity index (χ4n) is 1.35. The molecule has 0 bridgehead atoms. The number of carbonyl (C=O) groups excluding carboxylic acids is 1. The fourth-order valence-corrected chi connectivity index (χ4v) is 1.35. The standard InChI is InChI=1S/C11H15N3O3.ClH/c1-8-3-4-9(7-10(8)14(16)17)13-11(15)5-6-12-2;/h3-4,7,12H,5-6H2,1-2H3,(H,13,15);1H. The van der Waals surface area contributed by atoms with Gasteiger partial charge in [0.2, 0.25) is 5.91 Å². The van der Waals surface area contributed by atoms with E-state index in [-0.39, 0.29) is 24.0 Å². The van der Waals surface area contributed by atoms with Crippen molar-refractivity contribution in [3.63, 3.8) is 0 Å². The van der Waals surface area contributed by atoms with Gasteiger partial charge >= 0.3 is 0 Å². The van der Waals surface area contributed by atoms with Crippen molar-refractivity contribution < 1.29 is 9.72 Å². The Morgan fingerprint density at radius 1 is 1.44 bits per heavy atom. The quantitative estimate of drug-likeness (QED) is 0.634. The van der Waals surface area contributed by atoms with Crippen LogP contribution in [0.25, 0.3) is 0 Å². The first-order chi connectivity index (χ1) is 8.04. The predicted octanol–water partition coefficient (Wildman–Crippen LogP) is 1.87. The van der Waals surface area contributed by atoms with Gasteiger partial charge in [0.1, 0.15) is 0 Å². The maximum absolute atomic E-state index is 11.4.